The summed E-state index contributed by atoms with van der Waals surface area (Å²) >= 11 is 0. The minimum absolute atomic E-state index is 0.101. The topological polar surface area (TPSA) is 83.8 Å². The molecule has 0 bridgehead atoms. The van der Waals surface area contributed by atoms with Crippen molar-refractivity contribution in [3.05, 3.63) is 22.3 Å². The normalized spacial score (nSPS) is 41.8. The van der Waals surface area contributed by atoms with E-state index in [4.69, 9.17) is 4.74 Å². The van der Waals surface area contributed by atoms with Crippen LogP contribution in [0.2, 0.25) is 0 Å². The maximum atomic E-state index is 12.5. The Kier molecular flexibility index (Phi) is 7.55. The first-order chi connectivity index (χ1) is 17.2. The molecule has 2 N–H and O–H groups in total. The molecule has 0 spiro atoms. The van der Waals surface area contributed by atoms with Crippen molar-refractivity contribution in [1.29, 1.82) is 0 Å². The molecular weight excluding hydrogens is 464 g/mol. The molecule has 2 fully saturated rings. The fourth-order valence-electron chi connectivity index (χ4n) is 9.45. The number of rotatable bonds is 6. The van der Waals surface area contributed by atoms with Crippen LogP contribution in [0.3, 0.4) is 0 Å². The molecule has 37 heavy (non-hydrogen) atoms. The molecule has 0 aromatic carbocycles. The summed E-state index contributed by atoms with van der Waals surface area (Å²) in [7, 11) is 0. The molecule has 0 aromatic rings. The molecule has 4 rings (SSSR count). The van der Waals surface area contributed by atoms with E-state index in [1.807, 2.05) is 0 Å². The molecule has 0 aromatic heterocycles. The van der Waals surface area contributed by atoms with Crippen LogP contribution >= 0.6 is 0 Å². The lowest BCUT2D eigenvalue weighted by Crippen LogP contribution is -2.59. The molecule has 0 radical (unpaired) electrons. The maximum absolute atomic E-state index is 12.5. The monoisotopic (exact) mass is 514 g/mol. The highest BCUT2D eigenvalue weighted by atomic mass is 16.5. The molecule has 2 saturated carbocycles. The predicted molar refractivity (Wildman–Crippen MR) is 146 cm³/mol. The number of carboxylic acid groups (broad SMARTS) is 1. The molecule has 0 heterocycles. The van der Waals surface area contributed by atoms with Gasteiger partial charge in [-0.25, -0.2) is 0 Å². The summed E-state index contributed by atoms with van der Waals surface area (Å²) < 4.78 is 6.20. The third-order valence-electron chi connectivity index (χ3n) is 12.0. The lowest BCUT2D eigenvalue weighted by Gasteiger charge is -2.60. The van der Waals surface area contributed by atoms with E-state index in [0.29, 0.717) is 30.6 Å². The van der Waals surface area contributed by atoms with Gasteiger partial charge < -0.3 is 14.9 Å². The third-order valence-corrected chi connectivity index (χ3v) is 12.0. The summed E-state index contributed by atoms with van der Waals surface area (Å²) in [6, 6.07) is 0. The van der Waals surface area contributed by atoms with E-state index in [-0.39, 0.29) is 28.8 Å². The number of ether oxygens (including phenoxy) is 1. The number of aliphatic carboxylic acids is 1. The standard InChI is InChI=1S/C32H50O5/c1-18(2)19(3)9-10-20(4)23-12-13-24-22-11-14-26-30(6,16-15-27(34)32(26,8)29(35)36)25(22)17-28(31(23,24)7)37-21(5)33/h20,23-24,26-28,34H,9-17H2,1-8H3,(H,35,36). The molecule has 4 aliphatic rings. The van der Waals surface area contributed by atoms with E-state index >= 15 is 0 Å². The van der Waals surface area contributed by atoms with Gasteiger partial charge >= 0.3 is 11.9 Å². The number of fused-ring (bicyclic) bond motifs is 4. The fourth-order valence-corrected chi connectivity index (χ4v) is 9.45. The van der Waals surface area contributed by atoms with Crippen molar-refractivity contribution in [1.82, 2.24) is 0 Å². The molecule has 9 unspecified atom stereocenters. The van der Waals surface area contributed by atoms with Crippen molar-refractivity contribution in [2.75, 3.05) is 0 Å². The van der Waals surface area contributed by atoms with Gasteiger partial charge in [0.05, 0.1) is 11.5 Å². The Balaban J connectivity index is 1.73. The molecule has 0 aliphatic heterocycles. The van der Waals surface area contributed by atoms with E-state index < -0.39 is 17.5 Å². The van der Waals surface area contributed by atoms with Crippen LogP contribution in [-0.2, 0) is 14.3 Å². The zero-order valence-corrected chi connectivity index (χ0v) is 24.4. The second-order valence-electron chi connectivity index (χ2n) is 13.9. The minimum atomic E-state index is -1.15. The smallest absolute Gasteiger partial charge is 0.312 e. The van der Waals surface area contributed by atoms with Crippen LogP contribution in [0.5, 0.6) is 0 Å². The van der Waals surface area contributed by atoms with Crippen molar-refractivity contribution in [3.63, 3.8) is 0 Å². The number of aliphatic hydroxyl groups is 1. The number of hydrogen-bond acceptors (Lipinski definition) is 4. The van der Waals surface area contributed by atoms with E-state index in [2.05, 4.69) is 41.5 Å². The number of hydrogen-bond donors (Lipinski definition) is 2. The lowest BCUT2D eigenvalue weighted by atomic mass is 9.45. The highest BCUT2D eigenvalue weighted by Gasteiger charge is 2.65. The van der Waals surface area contributed by atoms with E-state index in [1.54, 1.807) is 6.92 Å². The zero-order chi connectivity index (χ0) is 27.5. The number of carbonyl (C=O) groups excluding carboxylic acids is 1. The third kappa shape index (κ3) is 4.32. The van der Waals surface area contributed by atoms with Crippen LogP contribution in [0.25, 0.3) is 0 Å². The Bertz CT molecular complexity index is 1000. The lowest BCUT2D eigenvalue weighted by molar-refractivity contribution is -0.177. The molecule has 9 atom stereocenters. The van der Waals surface area contributed by atoms with Gasteiger partial charge in [0.1, 0.15) is 6.10 Å². The van der Waals surface area contributed by atoms with Gasteiger partial charge in [0.2, 0.25) is 0 Å². The number of carboxylic acids is 1. The van der Waals surface area contributed by atoms with Gasteiger partial charge in [0, 0.05) is 18.8 Å². The summed E-state index contributed by atoms with van der Waals surface area (Å²) in [6.07, 6.45) is 7.21. The average Bonchev–Trinajstić information content (AvgIpc) is 3.18. The number of esters is 1. The summed E-state index contributed by atoms with van der Waals surface area (Å²) in [4.78, 5) is 24.9. The first kappa shape index (κ1) is 28.4. The second-order valence-corrected chi connectivity index (χ2v) is 13.9. The SMILES string of the molecule is CC(=O)OC1CC2=C(CCC3C2(C)CCC(O)C3(C)C(=O)O)C2CCC(C(C)CCC(C)=C(C)C)C12C. The van der Waals surface area contributed by atoms with Crippen molar-refractivity contribution in [2.45, 2.75) is 125 Å². The summed E-state index contributed by atoms with van der Waals surface area (Å²) in [6.45, 7) is 16.9. The minimum Gasteiger partial charge on any atom is -0.481 e. The van der Waals surface area contributed by atoms with Gasteiger partial charge in [0.25, 0.3) is 0 Å². The molecule has 5 heteroatoms. The molecular formula is C32H50O5. The van der Waals surface area contributed by atoms with Gasteiger partial charge in [-0.2, -0.15) is 0 Å². The largest absolute Gasteiger partial charge is 0.481 e. The van der Waals surface area contributed by atoms with Crippen LogP contribution in [0.15, 0.2) is 22.3 Å². The Morgan fingerprint density at radius 3 is 2.32 bits per heavy atom. The molecule has 0 amide bonds. The van der Waals surface area contributed by atoms with Crippen LogP contribution < -0.4 is 0 Å². The molecule has 4 aliphatic carbocycles. The first-order valence-corrected chi connectivity index (χ1v) is 14.6. The van der Waals surface area contributed by atoms with E-state index in [9.17, 15) is 19.8 Å². The van der Waals surface area contributed by atoms with Gasteiger partial charge in [0.15, 0.2) is 0 Å². The summed E-state index contributed by atoms with van der Waals surface area (Å²) in [5.74, 6) is 0.169. The fraction of sp³-hybridized carbons (Fsp3) is 0.812. The number of carbonyl (C=O) groups is 2. The Labute approximate surface area is 224 Å². The molecule has 208 valence electrons. The Morgan fingerprint density at radius 1 is 1.05 bits per heavy atom. The quantitative estimate of drug-likeness (QED) is 0.292. The number of allylic oxidation sites excluding steroid dienone is 3. The van der Waals surface area contributed by atoms with Crippen LogP contribution in [-0.4, -0.2) is 34.4 Å². The average molecular weight is 515 g/mol. The highest BCUT2D eigenvalue weighted by Crippen LogP contribution is 2.68. The maximum Gasteiger partial charge on any atom is 0.312 e. The van der Waals surface area contributed by atoms with Gasteiger partial charge in [-0.05, 0) is 108 Å². The van der Waals surface area contributed by atoms with Crippen LogP contribution in [0, 0.1) is 39.9 Å². The highest BCUT2D eigenvalue weighted by molar-refractivity contribution is 5.76. The van der Waals surface area contributed by atoms with E-state index in [0.717, 1.165) is 44.9 Å². The van der Waals surface area contributed by atoms with Crippen molar-refractivity contribution >= 4 is 11.9 Å². The Hall–Kier alpha value is -1.62. The number of aliphatic hydroxyl groups excluding tert-OH is 1. The Morgan fingerprint density at radius 2 is 1.73 bits per heavy atom. The zero-order valence-electron chi connectivity index (χ0n) is 24.4. The van der Waals surface area contributed by atoms with Crippen LogP contribution in [0.4, 0.5) is 0 Å². The van der Waals surface area contributed by atoms with Gasteiger partial charge in [-0.15, -0.1) is 0 Å². The molecule has 0 saturated heterocycles. The van der Waals surface area contributed by atoms with Crippen molar-refractivity contribution < 1.29 is 24.5 Å². The van der Waals surface area contributed by atoms with Crippen molar-refractivity contribution in [3.8, 4) is 0 Å². The van der Waals surface area contributed by atoms with Crippen LogP contribution in [0.1, 0.15) is 113 Å². The summed E-state index contributed by atoms with van der Waals surface area (Å²) in [5.41, 5.74) is 4.22. The first-order valence-electron chi connectivity index (χ1n) is 14.6. The van der Waals surface area contributed by atoms with E-state index in [1.165, 1.54) is 29.2 Å². The van der Waals surface area contributed by atoms with Crippen molar-refractivity contribution in [2.24, 2.45) is 39.9 Å². The molecule has 5 nitrogen and oxygen atoms in total. The predicted octanol–water partition coefficient (Wildman–Crippen LogP) is 7.09. The van der Waals surface area contributed by atoms with Gasteiger partial charge in [-0.1, -0.05) is 43.1 Å². The summed E-state index contributed by atoms with van der Waals surface area (Å²) in [5, 5.41) is 21.1. The second kappa shape index (κ2) is 9.84. The van der Waals surface area contributed by atoms with Gasteiger partial charge in [-0.3, -0.25) is 9.59 Å².